The molecule has 1 unspecified atom stereocenters. The zero-order valence-corrected chi connectivity index (χ0v) is 17.3. The van der Waals surface area contributed by atoms with E-state index in [1.807, 2.05) is 9.80 Å². The molecule has 4 nitrogen and oxygen atoms in total. The second kappa shape index (κ2) is 6.58. The molecular formula is C25H32N2O2. The highest BCUT2D eigenvalue weighted by Crippen LogP contribution is 2.60. The Morgan fingerprint density at radius 2 is 1.55 bits per heavy atom. The van der Waals surface area contributed by atoms with Gasteiger partial charge in [-0.2, -0.15) is 0 Å². The summed E-state index contributed by atoms with van der Waals surface area (Å²) >= 11 is 0. The average Bonchev–Trinajstić information content (AvgIpc) is 3.21. The van der Waals surface area contributed by atoms with Crippen LogP contribution in [-0.2, 0) is 22.6 Å². The molecule has 2 amide bonds. The minimum absolute atomic E-state index is 0.133. The van der Waals surface area contributed by atoms with Crippen LogP contribution in [0.3, 0.4) is 0 Å². The summed E-state index contributed by atoms with van der Waals surface area (Å²) in [5.41, 5.74) is 2.50. The number of amides is 2. The summed E-state index contributed by atoms with van der Waals surface area (Å²) < 4.78 is 0. The molecule has 1 aromatic carbocycles. The maximum absolute atomic E-state index is 13.9. The minimum Gasteiger partial charge on any atom is -0.336 e. The summed E-state index contributed by atoms with van der Waals surface area (Å²) in [6, 6.07) is 8.24. The van der Waals surface area contributed by atoms with Crippen LogP contribution in [-0.4, -0.2) is 40.7 Å². The van der Waals surface area contributed by atoms with Crippen molar-refractivity contribution in [3.8, 4) is 0 Å². The lowest BCUT2D eigenvalue weighted by atomic mass is 9.49. The molecule has 0 N–H and O–H groups in total. The third-order valence-electron chi connectivity index (χ3n) is 8.73. The molecule has 4 heteroatoms. The lowest BCUT2D eigenvalue weighted by molar-refractivity contribution is -0.162. The highest BCUT2D eigenvalue weighted by atomic mass is 16.2. The van der Waals surface area contributed by atoms with Crippen LogP contribution < -0.4 is 0 Å². The monoisotopic (exact) mass is 392 g/mol. The van der Waals surface area contributed by atoms with Gasteiger partial charge in [0.25, 0.3) is 0 Å². The van der Waals surface area contributed by atoms with E-state index in [0.29, 0.717) is 12.5 Å². The highest BCUT2D eigenvalue weighted by molar-refractivity contribution is 5.91. The first kappa shape index (κ1) is 18.0. The second-order valence-electron chi connectivity index (χ2n) is 10.6. The Bertz CT molecular complexity index is 812. The molecule has 1 atom stereocenters. The van der Waals surface area contributed by atoms with E-state index in [2.05, 4.69) is 24.3 Å². The van der Waals surface area contributed by atoms with Gasteiger partial charge < -0.3 is 9.80 Å². The summed E-state index contributed by atoms with van der Waals surface area (Å²) in [4.78, 5) is 31.4. The fourth-order valence-corrected chi connectivity index (χ4v) is 7.84. The smallest absolute Gasteiger partial charge is 0.245 e. The van der Waals surface area contributed by atoms with E-state index in [1.54, 1.807) is 0 Å². The summed E-state index contributed by atoms with van der Waals surface area (Å²) in [6.07, 6.45) is 10.1. The summed E-state index contributed by atoms with van der Waals surface area (Å²) in [5.74, 6) is 2.82. The second-order valence-corrected chi connectivity index (χ2v) is 10.6. The molecule has 0 radical (unpaired) electrons. The fraction of sp³-hybridized carbons (Fsp3) is 0.680. The Morgan fingerprint density at radius 1 is 0.897 bits per heavy atom. The van der Waals surface area contributed by atoms with Crippen molar-refractivity contribution in [3.05, 3.63) is 35.4 Å². The van der Waals surface area contributed by atoms with E-state index in [9.17, 15) is 9.59 Å². The number of nitrogens with zero attached hydrogens (tertiary/aromatic N) is 2. The molecule has 6 aliphatic rings. The molecule has 154 valence electrons. The molecule has 4 aliphatic carbocycles. The number of benzene rings is 1. The lowest BCUT2D eigenvalue weighted by Gasteiger charge is -2.56. The maximum atomic E-state index is 13.9. The van der Waals surface area contributed by atoms with Crippen molar-refractivity contribution in [1.82, 2.24) is 9.80 Å². The molecule has 4 saturated carbocycles. The van der Waals surface area contributed by atoms with Crippen molar-refractivity contribution in [1.29, 1.82) is 0 Å². The average molecular weight is 393 g/mol. The molecule has 4 bridgehead atoms. The van der Waals surface area contributed by atoms with E-state index in [0.717, 1.165) is 69.4 Å². The van der Waals surface area contributed by atoms with Gasteiger partial charge in [0.1, 0.15) is 6.04 Å². The Morgan fingerprint density at radius 3 is 2.24 bits per heavy atom. The zero-order valence-electron chi connectivity index (χ0n) is 17.3. The van der Waals surface area contributed by atoms with Crippen LogP contribution >= 0.6 is 0 Å². The Hall–Kier alpha value is -1.84. The summed E-state index contributed by atoms with van der Waals surface area (Å²) in [5, 5.41) is 0. The van der Waals surface area contributed by atoms with Gasteiger partial charge in [-0.15, -0.1) is 0 Å². The van der Waals surface area contributed by atoms with Crippen LogP contribution in [0, 0.1) is 23.2 Å². The first-order valence-corrected chi connectivity index (χ1v) is 11.8. The Kier molecular flexibility index (Phi) is 4.08. The van der Waals surface area contributed by atoms with Crippen LogP contribution in [0.4, 0.5) is 0 Å². The van der Waals surface area contributed by atoms with Gasteiger partial charge in [0.2, 0.25) is 11.8 Å². The summed E-state index contributed by atoms with van der Waals surface area (Å²) in [6.45, 7) is 2.26. The third-order valence-corrected chi connectivity index (χ3v) is 8.73. The molecule has 7 rings (SSSR count). The van der Waals surface area contributed by atoms with Gasteiger partial charge in [0, 0.05) is 19.6 Å². The predicted octanol–water partition coefficient (Wildman–Crippen LogP) is 3.78. The van der Waals surface area contributed by atoms with Crippen LogP contribution in [0.1, 0.15) is 62.5 Å². The van der Waals surface area contributed by atoms with Crippen LogP contribution in [0.5, 0.6) is 0 Å². The van der Waals surface area contributed by atoms with Crippen LogP contribution in [0.25, 0.3) is 0 Å². The molecule has 1 saturated heterocycles. The van der Waals surface area contributed by atoms with Crippen molar-refractivity contribution < 1.29 is 9.59 Å². The van der Waals surface area contributed by atoms with E-state index >= 15 is 0 Å². The van der Waals surface area contributed by atoms with Gasteiger partial charge in [-0.25, -0.2) is 0 Å². The topological polar surface area (TPSA) is 40.6 Å². The number of likely N-dealkylation sites (tertiary alicyclic amines) is 1. The van der Waals surface area contributed by atoms with E-state index < -0.39 is 0 Å². The highest BCUT2D eigenvalue weighted by Gasteiger charge is 2.57. The first-order valence-electron chi connectivity index (χ1n) is 11.8. The van der Waals surface area contributed by atoms with Crippen molar-refractivity contribution in [3.63, 3.8) is 0 Å². The number of carbonyl (C=O) groups is 2. The zero-order chi connectivity index (χ0) is 19.6. The van der Waals surface area contributed by atoms with Gasteiger partial charge in [0.05, 0.1) is 5.41 Å². The Labute approximate surface area is 173 Å². The molecule has 29 heavy (non-hydrogen) atoms. The fourth-order valence-electron chi connectivity index (χ4n) is 7.84. The van der Waals surface area contributed by atoms with Gasteiger partial charge >= 0.3 is 0 Å². The standard InChI is InChI=1S/C25H32N2O2/c28-23(26-9-7-20-4-1-2-5-21(20)16-26)22-6-3-8-27(22)24(29)25-13-17-10-18(14-25)12-19(11-17)15-25/h1-2,4-5,17-19,22H,3,6-16H2. The quantitative estimate of drug-likeness (QED) is 0.769. The van der Waals surface area contributed by atoms with Crippen molar-refractivity contribution in [2.75, 3.05) is 13.1 Å². The molecule has 5 fully saturated rings. The third kappa shape index (κ3) is 2.85. The van der Waals surface area contributed by atoms with E-state index in [1.165, 1.54) is 30.4 Å². The van der Waals surface area contributed by atoms with Crippen LogP contribution in [0.2, 0.25) is 0 Å². The normalized spacial score (nSPS) is 37.7. The number of fused-ring (bicyclic) bond motifs is 1. The van der Waals surface area contributed by atoms with Crippen molar-refractivity contribution in [2.24, 2.45) is 23.2 Å². The van der Waals surface area contributed by atoms with Crippen molar-refractivity contribution in [2.45, 2.75) is 70.4 Å². The largest absolute Gasteiger partial charge is 0.336 e. The predicted molar refractivity (Wildman–Crippen MR) is 111 cm³/mol. The summed E-state index contributed by atoms with van der Waals surface area (Å²) in [7, 11) is 0. The van der Waals surface area contributed by atoms with Crippen LogP contribution in [0.15, 0.2) is 24.3 Å². The number of hydrogen-bond acceptors (Lipinski definition) is 2. The van der Waals surface area contributed by atoms with E-state index in [-0.39, 0.29) is 17.4 Å². The minimum atomic E-state index is -0.222. The van der Waals surface area contributed by atoms with Gasteiger partial charge in [-0.05, 0) is 86.7 Å². The number of hydrogen-bond donors (Lipinski definition) is 0. The Balaban J connectivity index is 1.21. The maximum Gasteiger partial charge on any atom is 0.245 e. The number of rotatable bonds is 2. The van der Waals surface area contributed by atoms with E-state index in [4.69, 9.17) is 0 Å². The van der Waals surface area contributed by atoms with Gasteiger partial charge in [-0.3, -0.25) is 9.59 Å². The molecule has 1 aromatic rings. The molecule has 0 aromatic heterocycles. The number of carbonyl (C=O) groups excluding carboxylic acids is 2. The molecule has 2 heterocycles. The van der Waals surface area contributed by atoms with Gasteiger partial charge in [-0.1, -0.05) is 24.3 Å². The molecule has 2 aliphatic heterocycles. The molecule has 0 spiro atoms. The SMILES string of the molecule is O=C(C1CCCN1C(=O)C12CC3CC(CC(C3)C1)C2)N1CCc2ccccc2C1. The first-order chi connectivity index (χ1) is 14.1. The van der Waals surface area contributed by atoms with Gasteiger partial charge in [0.15, 0.2) is 0 Å². The molecular weight excluding hydrogens is 360 g/mol. The lowest BCUT2D eigenvalue weighted by Crippen LogP contribution is -2.57. The van der Waals surface area contributed by atoms with Crippen molar-refractivity contribution >= 4 is 11.8 Å².